The lowest BCUT2D eigenvalue weighted by Gasteiger charge is -2.19. The molecule has 1 aromatic rings. The monoisotopic (exact) mass is 267 g/mol. The van der Waals surface area contributed by atoms with Crippen LogP contribution in [0.5, 0.6) is 0 Å². The van der Waals surface area contributed by atoms with Gasteiger partial charge < -0.3 is 0 Å². The van der Waals surface area contributed by atoms with Crippen molar-refractivity contribution in [2.75, 3.05) is 0 Å². The van der Waals surface area contributed by atoms with Crippen LogP contribution in [0.4, 0.5) is 0 Å². The highest BCUT2D eigenvalue weighted by Crippen LogP contribution is 2.23. The second kappa shape index (κ2) is 5.14. The number of allylic oxidation sites excluding steroid dienone is 1. The zero-order valence-corrected chi connectivity index (χ0v) is 12.3. The molecular formula is C14H21NO2S. The molecular weight excluding hydrogens is 246 g/mol. The first-order chi connectivity index (χ1) is 8.16. The van der Waals surface area contributed by atoms with Crippen molar-refractivity contribution in [1.82, 2.24) is 4.72 Å². The molecule has 1 aromatic carbocycles. The Morgan fingerprint density at radius 3 is 2.11 bits per heavy atom. The van der Waals surface area contributed by atoms with Crippen LogP contribution in [0, 0.1) is 0 Å². The lowest BCUT2D eigenvalue weighted by Crippen LogP contribution is -2.22. The largest absolute Gasteiger partial charge is 0.284 e. The highest BCUT2D eigenvalue weighted by atomic mass is 32.2. The van der Waals surface area contributed by atoms with Gasteiger partial charge in [0.1, 0.15) is 0 Å². The summed E-state index contributed by atoms with van der Waals surface area (Å²) >= 11 is 0. The number of hydrogen-bond acceptors (Lipinski definition) is 2. The van der Waals surface area contributed by atoms with Crippen LogP contribution >= 0.6 is 0 Å². The Kier molecular flexibility index (Phi) is 4.22. The first-order valence-corrected chi connectivity index (χ1v) is 7.46. The van der Waals surface area contributed by atoms with Gasteiger partial charge in [-0.3, -0.25) is 4.72 Å². The van der Waals surface area contributed by atoms with Gasteiger partial charge in [0.2, 0.25) is 0 Å². The Hall–Kier alpha value is -1.29. The highest BCUT2D eigenvalue weighted by molar-refractivity contribution is 7.89. The van der Waals surface area contributed by atoms with Gasteiger partial charge in [-0.2, -0.15) is 0 Å². The van der Waals surface area contributed by atoms with E-state index in [1.165, 1.54) is 0 Å². The van der Waals surface area contributed by atoms with Crippen molar-refractivity contribution in [3.8, 4) is 0 Å². The predicted octanol–water partition coefficient (Wildman–Crippen LogP) is 3.19. The fraction of sp³-hybridized carbons (Fsp3) is 0.429. The van der Waals surface area contributed by atoms with Gasteiger partial charge >= 0.3 is 0 Å². The molecule has 0 bridgehead atoms. The number of benzene rings is 1. The smallest absolute Gasteiger partial charge is 0.261 e. The molecule has 18 heavy (non-hydrogen) atoms. The summed E-state index contributed by atoms with van der Waals surface area (Å²) in [5, 5.41) is 0. The Labute approximate surface area is 110 Å². The second-order valence-electron chi connectivity index (χ2n) is 5.34. The van der Waals surface area contributed by atoms with Gasteiger partial charge in [-0.1, -0.05) is 46.4 Å². The molecule has 1 rings (SSSR count). The zero-order valence-electron chi connectivity index (χ0n) is 11.4. The molecule has 0 aromatic heterocycles. The Balaban J connectivity index is 3.02. The third-order valence-corrected chi connectivity index (χ3v) is 4.19. The van der Waals surface area contributed by atoms with Gasteiger partial charge in [0.25, 0.3) is 10.0 Å². The Morgan fingerprint density at radius 1 is 1.22 bits per heavy atom. The summed E-state index contributed by atoms with van der Waals surface area (Å²) in [4.78, 5) is 0.269. The van der Waals surface area contributed by atoms with Crippen LogP contribution in [0.3, 0.4) is 0 Å². The molecule has 1 N–H and O–H groups in total. The molecule has 0 atom stereocenters. The first kappa shape index (κ1) is 14.8. The van der Waals surface area contributed by atoms with E-state index in [1.807, 2.05) is 19.1 Å². The molecule has 0 amide bonds. The molecule has 0 saturated heterocycles. The summed E-state index contributed by atoms with van der Waals surface area (Å²) < 4.78 is 26.4. The number of sulfonamides is 1. The van der Waals surface area contributed by atoms with Crippen LogP contribution < -0.4 is 4.72 Å². The van der Waals surface area contributed by atoms with Gasteiger partial charge in [-0.05, 0) is 29.5 Å². The second-order valence-corrected chi connectivity index (χ2v) is 7.02. The molecule has 4 heteroatoms. The molecule has 0 fully saturated rings. The summed E-state index contributed by atoms with van der Waals surface area (Å²) in [6.45, 7) is 11.8. The highest BCUT2D eigenvalue weighted by Gasteiger charge is 2.17. The number of nitrogens with one attached hydrogen (secondary N) is 1. The Bertz CT molecular complexity index is 522. The topological polar surface area (TPSA) is 46.2 Å². The van der Waals surface area contributed by atoms with Gasteiger partial charge in [-0.15, -0.1) is 0 Å². The van der Waals surface area contributed by atoms with Crippen LogP contribution in [-0.4, -0.2) is 8.42 Å². The number of rotatable bonds is 4. The average Bonchev–Trinajstić information content (AvgIpc) is 2.27. The van der Waals surface area contributed by atoms with E-state index in [4.69, 9.17) is 0 Å². The van der Waals surface area contributed by atoms with Crippen LogP contribution in [0.25, 0.3) is 0 Å². The maximum atomic E-state index is 12.0. The maximum absolute atomic E-state index is 12.0. The predicted molar refractivity (Wildman–Crippen MR) is 74.9 cm³/mol. The average molecular weight is 267 g/mol. The van der Waals surface area contributed by atoms with Crippen molar-refractivity contribution in [3.63, 3.8) is 0 Å². The molecule has 100 valence electrons. The van der Waals surface area contributed by atoms with Gasteiger partial charge in [0.05, 0.1) is 4.90 Å². The van der Waals surface area contributed by atoms with Crippen molar-refractivity contribution in [3.05, 3.63) is 42.1 Å². The first-order valence-electron chi connectivity index (χ1n) is 5.98. The third kappa shape index (κ3) is 3.60. The van der Waals surface area contributed by atoms with Gasteiger partial charge in [-0.25, -0.2) is 8.42 Å². The van der Waals surface area contributed by atoms with Crippen LogP contribution in [0.15, 0.2) is 41.4 Å². The minimum absolute atomic E-state index is 0.0166. The fourth-order valence-electron chi connectivity index (χ4n) is 1.46. The van der Waals surface area contributed by atoms with E-state index in [-0.39, 0.29) is 10.3 Å². The molecule has 0 aliphatic carbocycles. The lowest BCUT2D eigenvalue weighted by atomic mass is 9.87. The van der Waals surface area contributed by atoms with Crippen LogP contribution in [0.1, 0.15) is 39.7 Å². The SMILES string of the molecule is C=C(CC)NS(=O)(=O)c1ccc(C(C)(C)C)cc1. The molecule has 0 saturated carbocycles. The van der Waals surface area contributed by atoms with Crippen molar-refractivity contribution >= 4 is 10.0 Å². The van der Waals surface area contributed by atoms with Crippen molar-refractivity contribution in [2.24, 2.45) is 0 Å². The van der Waals surface area contributed by atoms with E-state index in [1.54, 1.807) is 12.1 Å². The van der Waals surface area contributed by atoms with E-state index in [0.717, 1.165) is 5.56 Å². The minimum atomic E-state index is -3.48. The van der Waals surface area contributed by atoms with Crippen LogP contribution in [0.2, 0.25) is 0 Å². The van der Waals surface area contributed by atoms with Crippen molar-refractivity contribution in [2.45, 2.75) is 44.4 Å². The lowest BCUT2D eigenvalue weighted by molar-refractivity contribution is 0.582. The molecule has 3 nitrogen and oxygen atoms in total. The Morgan fingerprint density at radius 2 is 1.72 bits per heavy atom. The quantitative estimate of drug-likeness (QED) is 0.910. The van der Waals surface area contributed by atoms with E-state index >= 15 is 0 Å². The molecule has 0 aliphatic heterocycles. The maximum Gasteiger partial charge on any atom is 0.261 e. The summed E-state index contributed by atoms with van der Waals surface area (Å²) in [7, 11) is -3.48. The van der Waals surface area contributed by atoms with E-state index < -0.39 is 10.0 Å². The molecule has 0 unspecified atom stereocenters. The van der Waals surface area contributed by atoms with E-state index in [9.17, 15) is 8.42 Å². The number of hydrogen-bond donors (Lipinski definition) is 1. The molecule has 0 radical (unpaired) electrons. The van der Waals surface area contributed by atoms with Gasteiger partial charge in [0, 0.05) is 5.70 Å². The van der Waals surface area contributed by atoms with Gasteiger partial charge in [0.15, 0.2) is 0 Å². The summed E-state index contributed by atoms with van der Waals surface area (Å²) in [6, 6.07) is 6.96. The third-order valence-electron chi connectivity index (χ3n) is 2.74. The van der Waals surface area contributed by atoms with Crippen LogP contribution in [-0.2, 0) is 15.4 Å². The zero-order chi connectivity index (χ0) is 14.0. The summed E-state index contributed by atoms with van der Waals surface area (Å²) in [6.07, 6.45) is 0.583. The van der Waals surface area contributed by atoms with Crippen molar-refractivity contribution < 1.29 is 8.42 Å². The summed E-state index contributed by atoms with van der Waals surface area (Å²) in [5.74, 6) is 0. The standard InChI is InChI=1S/C14H21NO2S/c1-6-11(2)15-18(16,17)13-9-7-12(8-10-13)14(3,4)5/h7-10,15H,2,6H2,1,3-5H3. The normalized spacial score (nSPS) is 12.2. The molecule has 0 spiro atoms. The van der Waals surface area contributed by atoms with Crippen molar-refractivity contribution in [1.29, 1.82) is 0 Å². The minimum Gasteiger partial charge on any atom is -0.284 e. The van der Waals surface area contributed by atoms with E-state index in [0.29, 0.717) is 12.1 Å². The molecule has 0 aliphatic rings. The fourth-order valence-corrected chi connectivity index (χ4v) is 2.59. The summed E-state index contributed by atoms with van der Waals surface area (Å²) in [5.41, 5.74) is 1.62. The molecule has 0 heterocycles. The van der Waals surface area contributed by atoms with E-state index in [2.05, 4.69) is 32.1 Å².